The Balaban J connectivity index is 1.29. The predicted molar refractivity (Wildman–Crippen MR) is 113 cm³/mol. The maximum absolute atomic E-state index is 11.4. The quantitative estimate of drug-likeness (QED) is 0.653. The zero-order valence-electron chi connectivity index (χ0n) is 16.6. The van der Waals surface area contributed by atoms with E-state index < -0.39 is 5.60 Å². The molecule has 29 heavy (non-hydrogen) atoms. The summed E-state index contributed by atoms with van der Waals surface area (Å²) in [5.41, 5.74) is 8.24. The van der Waals surface area contributed by atoms with Gasteiger partial charge in [-0.2, -0.15) is 5.32 Å². The second-order valence-electron chi connectivity index (χ2n) is 8.19. The van der Waals surface area contributed by atoms with Gasteiger partial charge in [0, 0.05) is 6.54 Å². The van der Waals surface area contributed by atoms with Crippen LogP contribution in [0.1, 0.15) is 31.2 Å². The standard InChI is InChI=1S/C22H27N4O3/c1-22(28,14-29-20-5-3-2-4-17(20)23)13-26-10-8-15(9-11-26)16-6-7-18-19(12-16)25-21(27)24-18/h2-7,12,15,28H,8-11,13-14,23H2,1H3,(H,24,27). The summed E-state index contributed by atoms with van der Waals surface area (Å²) in [6, 6.07) is 13.0. The van der Waals surface area contributed by atoms with Crippen LogP contribution in [-0.4, -0.2) is 47.9 Å². The van der Waals surface area contributed by atoms with Crippen molar-refractivity contribution in [1.29, 1.82) is 0 Å². The molecule has 2 aliphatic rings. The number of fused-ring (bicyclic) bond motifs is 1. The molecule has 4 rings (SSSR count). The van der Waals surface area contributed by atoms with Crippen LogP contribution in [0.15, 0.2) is 42.5 Å². The molecular formula is C22H27N4O3. The maximum atomic E-state index is 11.4. The fourth-order valence-electron chi connectivity index (χ4n) is 4.05. The lowest BCUT2D eigenvalue weighted by Crippen LogP contribution is -2.47. The Bertz CT molecular complexity index is 891. The summed E-state index contributed by atoms with van der Waals surface area (Å²) in [4.78, 5) is 13.7. The first-order chi connectivity index (χ1) is 13.9. The van der Waals surface area contributed by atoms with Crippen LogP contribution in [0.4, 0.5) is 21.9 Å². The molecule has 0 bridgehead atoms. The smallest absolute Gasteiger partial charge is 0.346 e. The molecule has 1 atom stereocenters. The fraction of sp³-hybridized carbons (Fsp3) is 0.409. The van der Waals surface area contributed by atoms with Crippen molar-refractivity contribution in [2.24, 2.45) is 0 Å². The molecule has 1 radical (unpaired) electrons. The summed E-state index contributed by atoms with van der Waals surface area (Å²) in [6.07, 6.45) is 2.01. The molecule has 2 aromatic rings. The van der Waals surface area contributed by atoms with E-state index in [1.807, 2.05) is 30.3 Å². The Labute approximate surface area is 170 Å². The number of aliphatic hydroxyl groups is 1. The van der Waals surface area contributed by atoms with Crippen molar-refractivity contribution < 1.29 is 14.6 Å². The van der Waals surface area contributed by atoms with E-state index in [0.717, 1.165) is 37.3 Å². The number of β-amino-alcohol motifs (C(OH)–C–C–N with tert-alkyl or cyclic N) is 1. The van der Waals surface area contributed by atoms with Crippen LogP contribution in [-0.2, 0) is 0 Å². The normalized spacial score (nSPS) is 19.2. The number of hydrogen-bond acceptors (Lipinski definition) is 5. The number of carbonyl (C=O) groups is 1. The number of hydrogen-bond donors (Lipinski definition) is 3. The Hall–Kier alpha value is -2.77. The largest absolute Gasteiger partial charge is 0.488 e. The van der Waals surface area contributed by atoms with Gasteiger partial charge in [-0.25, -0.2) is 4.79 Å². The highest BCUT2D eigenvalue weighted by Crippen LogP contribution is 2.35. The second kappa shape index (κ2) is 7.93. The van der Waals surface area contributed by atoms with E-state index in [4.69, 9.17) is 10.5 Å². The lowest BCUT2D eigenvalue weighted by Gasteiger charge is -2.36. The number of para-hydroxylation sites is 2. The van der Waals surface area contributed by atoms with Gasteiger partial charge in [-0.3, -0.25) is 0 Å². The summed E-state index contributed by atoms with van der Waals surface area (Å²) in [5, 5.41) is 17.5. The molecule has 1 saturated heterocycles. The third kappa shape index (κ3) is 4.63. The number of anilines is 2. The van der Waals surface area contributed by atoms with E-state index >= 15 is 0 Å². The molecule has 0 aliphatic carbocycles. The lowest BCUT2D eigenvalue weighted by atomic mass is 9.88. The SMILES string of the molecule is CC(O)(COc1ccccc1N)CN1CCC(c2ccc3c(c2)[N]C(=O)N3)CC1. The van der Waals surface area contributed by atoms with Crippen LogP contribution in [0.25, 0.3) is 0 Å². The zero-order chi connectivity index (χ0) is 20.4. The molecule has 2 aromatic carbocycles. The minimum atomic E-state index is -0.965. The summed E-state index contributed by atoms with van der Waals surface area (Å²) < 4.78 is 5.74. The fourth-order valence-corrected chi connectivity index (χ4v) is 4.05. The minimum absolute atomic E-state index is 0.189. The number of carbonyl (C=O) groups excluding carboxylic acids is 1. The van der Waals surface area contributed by atoms with Gasteiger partial charge in [-0.05, 0) is 68.6 Å². The van der Waals surface area contributed by atoms with Gasteiger partial charge >= 0.3 is 6.03 Å². The van der Waals surface area contributed by atoms with Gasteiger partial charge in [-0.1, -0.05) is 18.2 Å². The van der Waals surface area contributed by atoms with E-state index in [-0.39, 0.29) is 12.6 Å². The van der Waals surface area contributed by atoms with Crippen molar-refractivity contribution in [3.05, 3.63) is 48.0 Å². The number of nitrogens with one attached hydrogen (secondary N) is 1. The number of ether oxygens (including phenoxy) is 1. The third-order valence-corrected chi connectivity index (χ3v) is 5.57. The third-order valence-electron chi connectivity index (χ3n) is 5.57. The molecule has 7 nitrogen and oxygen atoms in total. The van der Waals surface area contributed by atoms with Crippen molar-refractivity contribution >= 4 is 23.1 Å². The van der Waals surface area contributed by atoms with Crippen LogP contribution < -0.4 is 21.1 Å². The predicted octanol–water partition coefficient (Wildman–Crippen LogP) is 3.06. The Morgan fingerprint density at radius 2 is 2.03 bits per heavy atom. The van der Waals surface area contributed by atoms with Crippen molar-refractivity contribution in [1.82, 2.24) is 10.2 Å². The highest BCUT2D eigenvalue weighted by atomic mass is 16.5. The Kier molecular flexibility index (Phi) is 5.34. The average Bonchev–Trinajstić information content (AvgIpc) is 3.07. The van der Waals surface area contributed by atoms with Gasteiger partial charge < -0.3 is 25.8 Å². The monoisotopic (exact) mass is 395 g/mol. The molecule has 1 fully saturated rings. The lowest BCUT2D eigenvalue weighted by molar-refractivity contribution is -0.0219. The second-order valence-corrected chi connectivity index (χ2v) is 8.19. The molecule has 153 valence electrons. The molecule has 2 aliphatic heterocycles. The first-order valence-electron chi connectivity index (χ1n) is 9.98. The molecule has 7 heteroatoms. The summed E-state index contributed by atoms with van der Waals surface area (Å²) >= 11 is 0. The number of rotatable bonds is 6. The van der Waals surface area contributed by atoms with Crippen LogP contribution in [0.3, 0.4) is 0 Å². The number of nitrogens with two attached hydrogens (primary N) is 1. The zero-order valence-corrected chi connectivity index (χ0v) is 16.6. The van der Waals surface area contributed by atoms with Crippen molar-refractivity contribution in [3.63, 3.8) is 0 Å². The van der Waals surface area contributed by atoms with Gasteiger partial charge in [0.1, 0.15) is 18.0 Å². The van der Waals surface area contributed by atoms with E-state index in [9.17, 15) is 9.90 Å². The molecule has 0 spiro atoms. The van der Waals surface area contributed by atoms with Crippen molar-refractivity contribution in [2.75, 3.05) is 37.3 Å². The molecule has 2 heterocycles. The van der Waals surface area contributed by atoms with Crippen LogP contribution >= 0.6 is 0 Å². The summed E-state index contributed by atoms with van der Waals surface area (Å²) in [7, 11) is 0. The van der Waals surface area contributed by atoms with Crippen LogP contribution in [0.5, 0.6) is 5.75 Å². The topological polar surface area (TPSA) is 102 Å². The molecule has 1 unspecified atom stereocenters. The Morgan fingerprint density at radius 3 is 2.79 bits per heavy atom. The molecule has 2 amide bonds. The summed E-state index contributed by atoms with van der Waals surface area (Å²) in [6.45, 7) is 4.34. The van der Waals surface area contributed by atoms with E-state index in [0.29, 0.717) is 23.9 Å². The van der Waals surface area contributed by atoms with Gasteiger partial charge in [0.2, 0.25) is 0 Å². The molecule has 0 saturated carbocycles. The molecule has 4 N–H and O–H groups in total. The van der Waals surface area contributed by atoms with E-state index in [1.54, 1.807) is 13.0 Å². The number of amides is 2. The highest BCUT2D eigenvalue weighted by Gasteiger charge is 2.29. The van der Waals surface area contributed by atoms with Crippen molar-refractivity contribution in [2.45, 2.75) is 31.3 Å². The number of urea groups is 1. The van der Waals surface area contributed by atoms with Gasteiger partial charge in [0.05, 0.1) is 17.1 Å². The number of likely N-dealkylation sites (tertiary alicyclic amines) is 1. The van der Waals surface area contributed by atoms with Gasteiger partial charge in [0.25, 0.3) is 0 Å². The molecule has 0 aromatic heterocycles. The van der Waals surface area contributed by atoms with Crippen molar-refractivity contribution in [3.8, 4) is 5.75 Å². The average molecular weight is 395 g/mol. The number of benzene rings is 2. The number of nitrogens with zero attached hydrogens (tertiary/aromatic N) is 2. The Morgan fingerprint density at radius 1 is 1.28 bits per heavy atom. The maximum Gasteiger partial charge on any atom is 0.346 e. The molecular weight excluding hydrogens is 368 g/mol. The highest BCUT2D eigenvalue weighted by molar-refractivity contribution is 6.02. The number of piperidine rings is 1. The minimum Gasteiger partial charge on any atom is -0.488 e. The first kappa shape index (κ1) is 19.5. The van der Waals surface area contributed by atoms with Crippen LogP contribution in [0, 0.1) is 0 Å². The summed E-state index contributed by atoms with van der Waals surface area (Å²) in [5.74, 6) is 1.04. The first-order valence-corrected chi connectivity index (χ1v) is 9.98. The van der Waals surface area contributed by atoms with Gasteiger partial charge in [0.15, 0.2) is 0 Å². The van der Waals surface area contributed by atoms with E-state index in [2.05, 4.69) is 21.6 Å². The van der Waals surface area contributed by atoms with Gasteiger partial charge in [-0.15, -0.1) is 0 Å². The van der Waals surface area contributed by atoms with Crippen LogP contribution in [0.2, 0.25) is 0 Å². The number of nitrogen functional groups attached to an aromatic ring is 1. The van der Waals surface area contributed by atoms with E-state index in [1.165, 1.54) is 5.56 Å².